The molecule has 0 bridgehead atoms. The maximum atomic E-state index is 11.9. The number of hydroxylamine groups is 2. The highest BCUT2D eigenvalue weighted by molar-refractivity contribution is 5.73. The predicted molar refractivity (Wildman–Crippen MR) is 65.7 cm³/mol. The molecule has 17 heavy (non-hydrogen) atoms. The smallest absolute Gasteiger partial charge is 0.309 e. The van der Waals surface area contributed by atoms with Gasteiger partial charge in [0.2, 0.25) is 0 Å². The summed E-state index contributed by atoms with van der Waals surface area (Å²) in [7, 11) is 0. The lowest BCUT2D eigenvalue weighted by molar-refractivity contribution is -0.251. The van der Waals surface area contributed by atoms with Crippen LogP contribution in [0.4, 0.5) is 0 Å². The number of hydrogen-bond acceptors (Lipinski definition) is 4. The average Bonchev–Trinajstić information content (AvgIpc) is 2.21. The Bertz CT molecular complexity index is 292. The van der Waals surface area contributed by atoms with Gasteiger partial charge in [-0.1, -0.05) is 12.7 Å². The molecule has 0 aromatic heterocycles. The van der Waals surface area contributed by atoms with Gasteiger partial charge in [-0.05, 0) is 40.5 Å². The third-order valence-corrected chi connectivity index (χ3v) is 3.32. The summed E-state index contributed by atoms with van der Waals surface area (Å²) in [6, 6.07) is 0. The molecule has 1 fully saturated rings. The number of carbonyl (C=O) groups is 1. The van der Waals surface area contributed by atoms with E-state index < -0.39 is 11.1 Å². The first-order chi connectivity index (χ1) is 7.70. The number of piperidine rings is 1. The molecule has 0 atom stereocenters. The highest BCUT2D eigenvalue weighted by Gasteiger charge is 2.47. The third kappa shape index (κ3) is 3.07. The number of ether oxygens (including phenoxy) is 1. The second-order valence-corrected chi connectivity index (χ2v) is 5.96. The maximum absolute atomic E-state index is 11.9. The van der Waals surface area contributed by atoms with E-state index >= 15 is 0 Å². The van der Waals surface area contributed by atoms with E-state index in [1.165, 1.54) is 5.06 Å². The molecule has 0 aromatic carbocycles. The van der Waals surface area contributed by atoms with E-state index in [1.807, 2.05) is 27.7 Å². The van der Waals surface area contributed by atoms with Crippen LogP contribution < -0.4 is 0 Å². The summed E-state index contributed by atoms with van der Waals surface area (Å²) >= 11 is 0. The first-order valence-electron chi connectivity index (χ1n) is 5.97. The summed E-state index contributed by atoms with van der Waals surface area (Å²) in [5, 5.41) is 11.5. The number of carbonyl (C=O) groups excluding carboxylic acids is 1. The van der Waals surface area contributed by atoms with Crippen LogP contribution in [0.1, 0.15) is 40.5 Å². The molecule has 0 aliphatic carbocycles. The van der Waals surface area contributed by atoms with Gasteiger partial charge in [0.15, 0.2) is 0 Å². The summed E-state index contributed by atoms with van der Waals surface area (Å²) in [5.41, 5.74) is -0.834. The quantitative estimate of drug-likeness (QED) is 0.609. The molecule has 0 radical (unpaired) electrons. The second-order valence-electron chi connectivity index (χ2n) is 5.96. The van der Waals surface area contributed by atoms with Gasteiger partial charge in [0.25, 0.3) is 0 Å². The third-order valence-electron chi connectivity index (χ3n) is 3.32. The van der Waals surface area contributed by atoms with Gasteiger partial charge in [-0.15, -0.1) is 0 Å². The van der Waals surface area contributed by atoms with E-state index in [-0.39, 0.29) is 18.5 Å². The van der Waals surface area contributed by atoms with Gasteiger partial charge in [-0.2, -0.15) is 5.06 Å². The molecule has 0 saturated carbocycles. The normalized spacial score (nSPS) is 24.3. The predicted octanol–water partition coefficient (Wildman–Crippen LogP) is 2.37. The van der Waals surface area contributed by atoms with Crippen molar-refractivity contribution < 1.29 is 14.7 Å². The van der Waals surface area contributed by atoms with Crippen molar-refractivity contribution >= 4 is 5.97 Å². The highest BCUT2D eigenvalue weighted by Crippen LogP contribution is 2.40. The van der Waals surface area contributed by atoms with Gasteiger partial charge < -0.3 is 9.94 Å². The SMILES string of the molecule is C=CCOC(=O)C1CC(C)(C)N(O)C(C)(C)C1. The van der Waals surface area contributed by atoms with Crippen LogP contribution in [0, 0.1) is 5.92 Å². The molecule has 4 nitrogen and oxygen atoms in total. The molecular formula is C13H23NO3. The van der Waals surface area contributed by atoms with Crippen LogP contribution in [0.2, 0.25) is 0 Å². The van der Waals surface area contributed by atoms with Gasteiger partial charge in [-0.25, -0.2) is 0 Å². The van der Waals surface area contributed by atoms with Crippen molar-refractivity contribution in [2.45, 2.75) is 51.6 Å². The minimum absolute atomic E-state index is 0.164. The molecule has 0 unspecified atom stereocenters. The van der Waals surface area contributed by atoms with Crippen molar-refractivity contribution in [2.75, 3.05) is 6.61 Å². The Morgan fingerprint density at radius 1 is 1.41 bits per heavy atom. The number of rotatable bonds is 3. The van der Waals surface area contributed by atoms with Crippen LogP contribution in [0.5, 0.6) is 0 Å². The van der Waals surface area contributed by atoms with Crippen molar-refractivity contribution in [3.8, 4) is 0 Å². The fourth-order valence-corrected chi connectivity index (χ4v) is 2.70. The minimum atomic E-state index is -0.417. The molecule has 0 spiro atoms. The van der Waals surface area contributed by atoms with E-state index in [0.29, 0.717) is 12.8 Å². The molecule has 1 heterocycles. The lowest BCUT2D eigenvalue weighted by Crippen LogP contribution is -2.60. The molecule has 4 heteroatoms. The van der Waals surface area contributed by atoms with Crippen LogP contribution in [-0.2, 0) is 9.53 Å². The van der Waals surface area contributed by atoms with E-state index in [1.54, 1.807) is 6.08 Å². The molecule has 1 aliphatic heterocycles. The monoisotopic (exact) mass is 241 g/mol. The number of nitrogens with zero attached hydrogens (tertiary/aromatic N) is 1. The Kier molecular flexibility index (Phi) is 3.99. The van der Waals surface area contributed by atoms with Crippen LogP contribution in [0.25, 0.3) is 0 Å². The van der Waals surface area contributed by atoms with E-state index in [2.05, 4.69) is 6.58 Å². The first kappa shape index (κ1) is 14.2. The van der Waals surface area contributed by atoms with E-state index in [4.69, 9.17) is 4.74 Å². The molecule has 1 saturated heterocycles. The van der Waals surface area contributed by atoms with Crippen molar-refractivity contribution in [1.82, 2.24) is 5.06 Å². The molecule has 0 amide bonds. The Labute approximate surface area is 103 Å². The zero-order chi connectivity index (χ0) is 13.3. The van der Waals surface area contributed by atoms with Crippen molar-refractivity contribution in [2.24, 2.45) is 5.92 Å². The van der Waals surface area contributed by atoms with Crippen LogP contribution in [0.15, 0.2) is 12.7 Å². The minimum Gasteiger partial charge on any atom is -0.461 e. The molecule has 1 aliphatic rings. The summed E-state index contributed by atoms with van der Waals surface area (Å²) < 4.78 is 5.10. The van der Waals surface area contributed by atoms with Gasteiger partial charge in [0.1, 0.15) is 6.61 Å². The Morgan fingerprint density at radius 2 is 1.88 bits per heavy atom. The molecule has 98 valence electrons. The summed E-state index contributed by atoms with van der Waals surface area (Å²) in [6.07, 6.45) is 2.77. The molecule has 1 N–H and O–H groups in total. The second kappa shape index (κ2) is 4.78. The summed E-state index contributed by atoms with van der Waals surface area (Å²) in [5.74, 6) is -0.359. The van der Waals surface area contributed by atoms with Crippen LogP contribution in [-0.4, -0.2) is 33.9 Å². The summed E-state index contributed by atoms with van der Waals surface area (Å²) in [6.45, 7) is 11.5. The van der Waals surface area contributed by atoms with Gasteiger partial charge >= 0.3 is 5.97 Å². The van der Waals surface area contributed by atoms with Crippen molar-refractivity contribution in [3.05, 3.63) is 12.7 Å². The van der Waals surface area contributed by atoms with Gasteiger partial charge in [-0.3, -0.25) is 4.79 Å². The average molecular weight is 241 g/mol. The van der Waals surface area contributed by atoms with Crippen molar-refractivity contribution in [3.63, 3.8) is 0 Å². The molecular weight excluding hydrogens is 218 g/mol. The highest BCUT2D eigenvalue weighted by atomic mass is 16.5. The van der Waals surface area contributed by atoms with Crippen LogP contribution in [0.3, 0.4) is 0 Å². The number of hydrogen-bond donors (Lipinski definition) is 1. The first-order valence-corrected chi connectivity index (χ1v) is 5.97. The Hall–Kier alpha value is -0.870. The largest absolute Gasteiger partial charge is 0.461 e. The van der Waals surface area contributed by atoms with E-state index in [0.717, 1.165) is 0 Å². The fourth-order valence-electron chi connectivity index (χ4n) is 2.70. The molecule has 0 aromatic rings. The molecule has 1 rings (SSSR count). The summed E-state index contributed by atoms with van der Waals surface area (Å²) in [4.78, 5) is 11.9. The van der Waals surface area contributed by atoms with E-state index in [9.17, 15) is 10.0 Å². The lowest BCUT2D eigenvalue weighted by Gasteiger charge is -2.50. The zero-order valence-electron chi connectivity index (χ0n) is 11.2. The Morgan fingerprint density at radius 3 is 2.29 bits per heavy atom. The number of esters is 1. The van der Waals surface area contributed by atoms with Crippen molar-refractivity contribution in [1.29, 1.82) is 0 Å². The van der Waals surface area contributed by atoms with Gasteiger partial charge in [0, 0.05) is 11.1 Å². The fraction of sp³-hybridized carbons (Fsp3) is 0.769. The van der Waals surface area contributed by atoms with Crippen LogP contribution >= 0.6 is 0 Å². The zero-order valence-corrected chi connectivity index (χ0v) is 11.2. The maximum Gasteiger partial charge on any atom is 0.309 e. The standard InChI is InChI=1S/C13H23NO3/c1-6-7-17-11(15)10-8-12(2,3)14(16)13(4,5)9-10/h6,10,16H,1,7-9H2,2-5H3. The lowest BCUT2D eigenvalue weighted by atomic mass is 9.75. The Balaban J connectivity index is 2.77. The topological polar surface area (TPSA) is 49.8 Å². The van der Waals surface area contributed by atoms with Gasteiger partial charge in [0.05, 0.1) is 5.92 Å².